The summed E-state index contributed by atoms with van der Waals surface area (Å²) >= 11 is 0. The van der Waals surface area contributed by atoms with Crippen molar-refractivity contribution in [1.82, 2.24) is 4.98 Å². The zero-order valence-corrected chi connectivity index (χ0v) is 10.9. The topological polar surface area (TPSA) is 72.2 Å². The van der Waals surface area contributed by atoms with Crippen LogP contribution in [0.3, 0.4) is 0 Å². The number of nitrogens with zero attached hydrogens (tertiary/aromatic N) is 1. The molecule has 0 spiro atoms. The highest BCUT2D eigenvalue weighted by atomic mass is 16.5. The van der Waals surface area contributed by atoms with Gasteiger partial charge in [0.1, 0.15) is 17.4 Å². The summed E-state index contributed by atoms with van der Waals surface area (Å²) in [6.45, 7) is 2.82. The van der Waals surface area contributed by atoms with E-state index in [-0.39, 0.29) is 0 Å². The molecule has 0 aliphatic heterocycles. The molecule has 1 aromatic heterocycles. The predicted octanol–water partition coefficient (Wildman–Crippen LogP) is 2.90. The summed E-state index contributed by atoms with van der Waals surface area (Å²) in [5, 5.41) is 3.20. The molecule has 2 aromatic rings. The Morgan fingerprint density at radius 2 is 1.84 bits per heavy atom. The van der Waals surface area contributed by atoms with Crippen molar-refractivity contribution in [1.29, 1.82) is 0 Å². The second-order valence-electron chi connectivity index (χ2n) is 4.05. The van der Waals surface area contributed by atoms with Gasteiger partial charge in [-0.25, -0.2) is 10.8 Å². The first-order chi connectivity index (χ1) is 9.31. The number of hydrogen-bond donors (Lipinski definition) is 3. The lowest BCUT2D eigenvalue weighted by atomic mass is 10.3. The van der Waals surface area contributed by atoms with Crippen LogP contribution in [0.5, 0.6) is 5.75 Å². The fraction of sp³-hybridized carbons (Fsp3) is 0.214. The maximum atomic E-state index is 5.53. The van der Waals surface area contributed by atoms with Gasteiger partial charge in [-0.2, -0.15) is 0 Å². The molecule has 1 heterocycles. The Balaban J connectivity index is 2.02. The Kier molecular flexibility index (Phi) is 4.58. The van der Waals surface area contributed by atoms with E-state index in [0.29, 0.717) is 5.82 Å². The molecule has 1 aromatic carbocycles. The van der Waals surface area contributed by atoms with E-state index in [9.17, 15) is 0 Å². The molecule has 0 amide bonds. The van der Waals surface area contributed by atoms with Crippen LogP contribution < -0.4 is 21.3 Å². The number of pyridine rings is 1. The summed E-state index contributed by atoms with van der Waals surface area (Å²) in [5.74, 6) is 7.55. The molecule has 19 heavy (non-hydrogen) atoms. The molecule has 0 unspecified atom stereocenters. The molecular formula is C14H18N4O. The number of ether oxygens (including phenoxy) is 1. The van der Waals surface area contributed by atoms with Gasteiger partial charge in [0.15, 0.2) is 0 Å². The van der Waals surface area contributed by atoms with Crippen molar-refractivity contribution in [2.75, 3.05) is 17.3 Å². The molecule has 5 heteroatoms. The number of nitrogens with two attached hydrogens (primary N) is 1. The van der Waals surface area contributed by atoms with Crippen molar-refractivity contribution in [3.8, 4) is 5.75 Å². The minimum atomic E-state index is 0.618. The third kappa shape index (κ3) is 3.86. The maximum absolute atomic E-state index is 5.53. The van der Waals surface area contributed by atoms with Gasteiger partial charge >= 0.3 is 0 Å². The van der Waals surface area contributed by atoms with E-state index in [0.717, 1.165) is 30.3 Å². The van der Waals surface area contributed by atoms with Crippen molar-refractivity contribution in [3.63, 3.8) is 0 Å². The van der Waals surface area contributed by atoms with E-state index in [2.05, 4.69) is 22.7 Å². The van der Waals surface area contributed by atoms with Crippen molar-refractivity contribution in [2.45, 2.75) is 13.3 Å². The number of hydrogen-bond acceptors (Lipinski definition) is 5. The maximum Gasteiger partial charge on any atom is 0.142 e. The molecular weight excluding hydrogens is 240 g/mol. The van der Waals surface area contributed by atoms with E-state index in [1.807, 2.05) is 36.4 Å². The number of hydrazine groups is 1. The molecule has 2 rings (SSSR count). The lowest BCUT2D eigenvalue weighted by Crippen LogP contribution is -2.08. The number of aromatic nitrogens is 1. The first-order valence-corrected chi connectivity index (χ1v) is 6.25. The standard InChI is InChI=1S/C14H18N4O/c1-2-10-19-12-8-6-11(7-9-12)16-13-4-3-5-14(17-13)18-15/h3-9H,2,10,15H2,1H3,(H2,16,17,18). The molecule has 0 bridgehead atoms. The number of rotatable bonds is 6. The summed E-state index contributed by atoms with van der Waals surface area (Å²) in [6.07, 6.45) is 1.00. The van der Waals surface area contributed by atoms with Crippen LogP contribution in [0.1, 0.15) is 13.3 Å². The fourth-order valence-corrected chi connectivity index (χ4v) is 1.59. The molecule has 0 radical (unpaired) electrons. The normalized spacial score (nSPS) is 10.0. The van der Waals surface area contributed by atoms with Crippen LogP contribution in [0.25, 0.3) is 0 Å². The smallest absolute Gasteiger partial charge is 0.142 e. The molecule has 0 atom stereocenters. The van der Waals surface area contributed by atoms with Crippen LogP contribution in [-0.4, -0.2) is 11.6 Å². The van der Waals surface area contributed by atoms with Gasteiger partial charge in [-0.05, 0) is 42.8 Å². The van der Waals surface area contributed by atoms with Crippen molar-refractivity contribution in [3.05, 3.63) is 42.5 Å². The summed E-state index contributed by atoms with van der Waals surface area (Å²) in [4.78, 5) is 4.28. The molecule has 0 aliphatic rings. The van der Waals surface area contributed by atoms with Crippen molar-refractivity contribution < 1.29 is 4.74 Å². The summed E-state index contributed by atoms with van der Waals surface area (Å²) in [7, 11) is 0. The molecule has 100 valence electrons. The van der Waals surface area contributed by atoms with Crippen LogP contribution in [0.15, 0.2) is 42.5 Å². The van der Waals surface area contributed by atoms with Crippen LogP contribution in [0.4, 0.5) is 17.3 Å². The van der Waals surface area contributed by atoms with Gasteiger partial charge in [-0.15, -0.1) is 0 Å². The Labute approximate surface area is 112 Å². The third-order valence-electron chi connectivity index (χ3n) is 2.50. The van der Waals surface area contributed by atoms with Gasteiger partial charge in [0.25, 0.3) is 0 Å². The van der Waals surface area contributed by atoms with E-state index in [1.165, 1.54) is 0 Å². The zero-order valence-electron chi connectivity index (χ0n) is 10.9. The van der Waals surface area contributed by atoms with Gasteiger partial charge in [-0.3, -0.25) is 0 Å². The lowest BCUT2D eigenvalue weighted by Gasteiger charge is -2.08. The van der Waals surface area contributed by atoms with Gasteiger partial charge < -0.3 is 15.5 Å². The largest absolute Gasteiger partial charge is 0.494 e. The van der Waals surface area contributed by atoms with Crippen molar-refractivity contribution >= 4 is 17.3 Å². The highest BCUT2D eigenvalue weighted by Crippen LogP contribution is 2.19. The summed E-state index contributed by atoms with van der Waals surface area (Å²) in [6, 6.07) is 13.3. The minimum absolute atomic E-state index is 0.618. The fourth-order valence-electron chi connectivity index (χ4n) is 1.59. The Bertz CT molecular complexity index is 513. The quantitative estimate of drug-likeness (QED) is 0.549. The van der Waals surface area contributed by atoms with Gasteiger partial charge in [0.2, 0.25) is 0 Å². The number of nitrogens with one attached hydrogen (secondary N) is 2. The van der Waals surface area contributed by atoms with Gasteiger partial charge in [0, 0.05) is 5.69 Å². The molecule has 0 fully saturated rings. The highest BCUT2D eigenvalue weighted by molar-refractivity contribution is 5.58. The van der Waals surface area contributed by atoms with E-state index < -0.39 is 0 Å². The average Bonchev–Trinajstić information content (AvgIpc) is 2.47. The van der Waals surface area contributed by atoms with Crippen LogP contribution in [0.2, 0.25) is 0 Å². The van der Waals surface area contributed by atoms with E-state index >= 15 is 0 Å². The van der Waals surface area contributed by atoms with E-state index in [1.54, 1.807) is 6.07 Å². The molecule has 4 N–H and O–H groups in total. The van der Waals surface area contributed by atoms with Gasteiger partial charge in [0.05, 0.1) is 6.61 Å². The molecule has 0 aliphatic carbocycles. The monoisotopic (exact) mass is 258 g/mol. The Morgan fingerprint density at radius 1 is 1.11 bits per heavy atom. The SMILES string of the molecule is CCCOc1ccc(Nc2cccc(NN)n2)cc1. The average molecular weight is 258 g/mol. The first kappa shape index (κ1) is 13.2. The third-order valence-corrected chi connectivity index (χ3v) is 2.50. The zero-order chi connectivity index (χ0) is 13.5. The van der Waals surface area contributed by atoms with E-state index in [4.69, 9.17) is 10.6 Å². The highest BCUT2D eigenvalue weighted by Gasteiger charge is 1.98. The van der Waals surface area contributed by atoms with Crippen LogP contribution >= 0.6 is 0 Å². The molecule has 5 nitrogen and oxygen atoms in total. The van der Waals surface area contributed by atoms with Gasteiger partial charge in [-0.1, -0.05) is 13.0 Å². The van der Waals surface area contributed by atoms with Crippen molar-refractivity contribution in [2.24, 2.45) is 5.84 Å². The minimum Gasteiger partial charge on any atom is -0.494 e. The summed E-state index contributed by atoms with van der Waals surface area (Å²) in [5.41, 5.74) is 3.46. The Hall–Kier alpha value is -2.27. The number of benzene rings is 1. The molecule has 0 saturated heterocycles. The number of anilines is 3. The van der Waals surface area contributed by atoms with Crippen LogP contribution in [0, 0.1) is 0 Å². The lowest BCUT2D eigenvalue weighted by molar-refractivity contribution is 0.317. The predicted molar refractivity (Wildman–Crippen MR) is 77.6 cm³/mol. The number of nitrogen functional groups attached to an aromatic ring is 1. The molecule has 0 saturated carbocycles. The second kappa shape index (κ2) is 6.61. The first-order valence-electron chi connectivity index (χ1n) is 6.25. The second-order valence-corrected chi connectivity index (χ2v) is 4.05. The van der Waals surface area contributed by atoms with Crippen LogP contribution in [-0.2, 0) is 0 Å². The summed E-state index contributed by atoms with van der Waals surface area (Å²) < 4.78 is 5.53. The Morgan fingerprint density at radius 3 is 2.53 bits per heavy atom.